The number of nitrogens with zero attached hydrogens (tertiary/aromatic N) is 2. The van der Waals surface area contributed by atoms with Crippen molar-refractivity contribution in [1.29, 1.82) is 5.26 Å². The molecule has 0 bridgehead atoms. The second kappa shape index (κ2) is 7.68. The van der Waals surface area contributed by atoms with Crippen LogP contribution in [0.3, 0.4) is 0 Å². The van der Waals surface area contributed by atoms with Gasteiger partial charge in [-0.1, -0.05) is 17.7 Å². The first-order valence-electron chi connectivity index (χ1n) is 7.86. The van der Waals surface area contributed by atoms with Crippen molar-refractivity contribution in [2.24, 2.45) is 0 Å². The molecule has 0 unspecified atom stereocenters. The molecule has 1 heterocycles. The van der Waals surface area contributed by atoms with Crippen LogP contribution < -0.4 is 10.6 Å². The van der Waals surface area contributed by atoms with Crippen LogP contribution in [0, 0.1) is 18.3 Å². The van der Waals surface area contributed by atoms with Gasteiger partial charge in [-0.3, -0.25) is 9.78 Å². The molecule has 6 heteroatoms. The molecule has 2 N–H and O–H groups in total. The van der Waals surface area contributed by atoms with Crippen molar-refractivity contribution in [3.8, 4) is 6.07 Å². The fraction of sp³-hybridized carbons (Fsp3) is 0.0500. The maximum atomic E-state index is 12.4. The number of nitrogens with one attached hydrogen (secondary N) is 2. The molecule has 0 aliphatic heterocycles. The number of nitriles is 1. The summed E-state index contributed by atoms with van der Waals surface area (Å²) in [5, 5.41) is 15.5. The topological polar surface area (TPSA) is 77.8 Å². The molecule has 0 saturated carbocycles. The summed E-state index contributed by atoms with van der Waals surface area (Å²) in [4.78, 5) is 16.5. The first-order chi connectivity index (χ1) is 12.5. The molecule has 0 saturated heterocycles. The normalized spacial score (nSPS) is 10.0. The lowest BCUT2D eigenvalue weighted by atomic mass is 10.2. The molecule has 26 heavy (non-hydrogen) atoms. The molecule has 3 rings (SSSR count). The fourth-order valence-corrected chi connectivity index (χ4v) is 2.51. The lowest BCUT2D eigenvalue weighted by Gasteiger charge is -2.11. The standard InChI is InChI=1S/C20H15ClN4O/c1-13-2-5-15(21)10-18(13)24-17-8-9-23-19(11-17)20(26)25-16-6-3-14(12-22)4-7-16/h2-11H,1H3,(H,23,24)(H,25,26). The summed E-state index contributed by atoms with van der Waals surface area (Å²) in [6.45, 7) is 1.97. The molecule has 0 aliphatic carbocycles. The molecular formula is C20H15ClN4O. The molecular weight excluding hydrogens is 348 g/mol. The number of benzene rings is 2. The van der Waals surface area contributed by atoms with Gasteiger partial charge in [0.2, 0.25) is 0 Å². The zero-order valence-electron chi connectivity index (χ0n) is 14.0. The Kier molecular flexibility index (Phi) is 5.16. The summed E-state index contributed by atoms with van der Waals surface area (Å²) in [6.07, 6.45) is 1.57. The van der Waals surface area contributed by atoms with Gasteiger partial charge in [0.25, 0.3) is 5.91 Å². The van der Waals surface area contributed by atoms with E-state index in [9.17, 15) is 4.79 Å². The first-order valence-corrected chi connectivity index (χ1v) is 8.24. The number of carbonyl (C=O) groups is 1. The Morgan fingerprint density at radius 2 is 1.85 bits per heavy atom. The number of aromatic nitrogens is 1. The van der Waals surface area contributed by atoms with Crippen LogP contribution in [-0.2, 0) is 0 Å². The lowest BCUT2D eigenvalue weighted by Crippen LogP contribution is -2.13. The average Bonchev–Trinajstić information content (AvgIpc) is 2.65. The highest BCUT2D eigenvalue weighted by atomic mass is 35.5. The van der Waals surface area contributed by atoms with Crippen LogP contribution in [0.15, 0.2) is 60.8 Å². The molecule has 1 aromatic heterocycles. The minimum Gasteiger partial charge on any atom is -0.355 e. The predicted molar refractivity (Wildman–Crippen MR) is 103 cm³/mol. The summed E-state index contributed by atoms with van der Waals surface area (Å²) in [7, 11) is 0. The molecule has 3 aromatic rings. The van der Waals surface area contributed by atoms with E-state index in [0.29, 0.717) is 16.3 Å². The zero-order valence-corrected chi connectivity index (χ0v) is 14.7. The number of aryl methyl sites for hydroxylation is 1. The molecule has 0 spiro atoms. The van der Waals surface area contributed by atoms with Gasteiger partial charge in [0.05, 0.1) is 11.6 Å². The molecule has 2 aromatic carbocycles. The van der Waals surface area contributed by atoms with Crippen molar-refractivity contribution in [1.82, 2.24) is 4.98 Å². The third kappa shape index (κ3) is 4.18. The Morgan fingerprint density at radius 1 is 1.08 bits per heavy atom. The van der Waals surface area contributed by atoms with Crippen LogP contribution in [0.1, 0.15) is 21.6 Å². The first kappa shape index (κ1) is 17.5. The van der Waals surface area contributed by atoms with E-state index >= 15 is 0 Å². The number of carbonyl (C=O) groups excluding carboxylic acids is 1. The highest BCUT2D eigenvalue weighted by Crippen LogP contribution is 2.24. The van der Waals surface area contributed by atoms with Gasteiger partial charge in [-0.05, 0) is 61.0 Å². The van der Waals surface area contributed by atoms with Crippen molar-refractivity contribution in [3.05, 3.63) is 82.6 Å². The van der Waals surface area contributed by atoms with Crippen LogP contribution in [0.25, 0.3) is 0 Å². The third-order valence-corrected chi connectivity index (χ3v) is 3.98. The van der Waals surface area contributed by atoms with E-state index in [2.05, 4.69) is 15.6 Å². The Hall–Kier alpha value is -3.36. The van der Waals surface area contributed by atoms with Gasteiger partial charge in [0.1, 0.15) is 5.69 Å². The summed E-state index contributed by atoms with van der Waals surface area (Å²) >= 11 is 6.04. The highest BCUT2D eigenvalue weighted by Gasteiger charge is 2.09. The van der Waals surface area contributed by atoms with E-state index in [-0.39, 0.29) is 11.6 Å². The lowest BCUT2D eigenvalue weighted by molar-refractivity contribution is 0.102. The van der Waals surface area contributed by atoms with E-state index in [4.69, 9.17) is 16.9 Å². The Bertz CT molecular complexity index is 993. The number of halogens is 1. The van der Waals surface area contributed by atoms with E-state index in [1.165, 1.54) is 0 Å². The molecule has 0 aliphatic rings. The van der Waals surface area contributed by atoms with E-state index in [1.807, 2.05) is 31.2 Å². The highest BCUT2D eigenvalue weighted by molar-refractivity contribution is 6.30. The maximum Gasteiger partial charge on any atom is 0.274 e. The number of rotatable bonds is 4. The van der Waals surface area contributed by atoms with Gasteiger partial charge < -0.3 is 10.6 Å². The van der Waals surface area contributed by atoms with Crippen molar-refractivity contribution < 1.29 is 4.79 Å². The Labute approximate surface area is 156 Å². The number of hydrogen-bond donors (Lipinski definition) is 2. The molecule has 128 valence electrons. The monoisotopic (exact) mass is 362 g/mol. The van der Waals surface area contributed by atoms with Crippen LogP contribution in [0.5, 0.6) is 0 Å². The zero-order chi connectivity index (χ0) is 18.5. The van der Waals surface area contributed by atoms with Gasteiger partial charge in [0, 0.05) is 28.3 Å². The smallest absolute Gasteiger partial charge is 0.274 e. The molecule has 0 fully saturated rings. The largest absolute Gasteiger partial charge is 0.355 e. The summed E-state index contributed by atoms with van der Waals surface area (Å²) < 4.78 is 0. The predicted octanol–water partition coefficient (Wildman–Crippen LogP) is 4.91. The number of hydrogen-bond acceptors (Lipinski definition) is 4. The van der Waals surface area contributed by atoms with Crippen molar-refractivity contribution in [3.63, 3.8) is 0 Å². The fourth-order valence-electron chi connectivity index (χ4n) is 2.34. The van der Waals surface area contributed by atoms with E-state index in [1.54, 1.807) is 42.6 Å². The van der Waals surface area contributed by atoms with Gasteiger partial charge in [-0.15, -0.1) is 0 Å². The quantitative estimate of drug-likeness (QED) is 0.691. The van der Waals surface area contributed by atoms with Crippen molar-refractivity contribution in [2.75, 3.05) is 10.6 Å². The van der Waals surface area contributed by atoms with Crippen molar-refractivity contribution >= 4 is 34.6 Å². The summed E-state index contributed by atoms with van der Waals surface area (Å²) in [5.41, 5.74) is 4.04. The van der Waals surface area contributed by atoms with Crippen LogP contribution in [0.2, 0.25) is 5.02 Å². The SMILES string of the molecule is Cc1ccc(Cl)cc1Nc1ccnc(C(=O)Nc2ccc(C#N)cc2)c1. The Morgan fingerprint density at radius 3 is 2.58 bits per heavy atom. The average molecular weight is 363 g/mol. The van der Waals surface area contributed by atoms with Crippen LogP contribution >= 0.6 is 11.6 Å². The van der Waals surface area contributed by atoms with Gasteiger partial charge in [-0.25, -0.2) is 0 Å². The van der Waals surface area contributed by atoms with Gasteiger partial charge in [-0.2, -0.15) is 5.26 Å². The molecule has 0 radical (unpaired) electrons. The van der Waals surface area contributed by atoms with E-state index in [0.717, 1.165) is 16.9 Å². The van der Waals surface area contributed by atoms with Gasteiger partial charge >= 0.3 is 0 Å². The van der Waals surface area contributed by atoms with E-state index < -0.39 is 0 Å². The van der Waals surface area contributed by atoms with Crippen LogP contribution in [0.4, 0.5) is 17.1 Å². The third-order valence-electron chi connectivity index (χ3n) is 3.74. The minimum atomic E-state index is -0.332. The number of anilines is 3. The second-order valence-corrected chi connectivity index (χ2v) is 6.09. The van der Waals surface area contributed by atoms with Crippen molar-refractivity contribution in [2.45, 2.75) is 6.92 Å². The van der Waals surface area contributed by atoms with Crippen LogP contribution in [-0.4, -0.2) is 10.9 Å². The molecule has 0 atom stereocenters. The van der Waals surface area contributed by atoms with Gasteiger partial charge in [0.15, 0.2) is 0 Å². The number of pyridine rings is 1. The summed E-state index contributed by atoms with van der Waals surface area (Å²) in [6, 6.07) is 17.7. The second-order valence-electron chi connectivity index (χ2n) is 5.66. The maximum absolute atomic E-state index is 12.4. The minimum absolute atomic E-state index is 0.277. The number of amides is 1. The molecule has 1 amide bonds. The summed E-state index contributed by atoms with van der Waals surface area (Å²) in [5.74, 6) is -0.332. The Balaban J connectivity index is 1.76. The molecule has 5 nitrogen and oxygen atoms in total.